The first-order valence-corrected chi connectivity index (χ1v) is 2.00. The largest absolute Gasteiger partial charge is 0.759 e. The minimum absolute atomic E-state index is 0. The van der Waals surface area contributed by atoms with Gasteiger partial charge in [0.05, 0.1) is 0 Å². The van der Waals surface area contributed by atoms with Crippen molar-refractivity contribution in [3.8, 4) is 0 Å². The smallest absolute Gasteiger partial charge is 0.0311 e. The Labute approximate surface area is 340 Å². The summed E-state index contributed by atoms with van der Waals surface area (Å²) in [6.45, 7) is 0. The van der Waals surface area contributed by atoms with Crippen molar-refractivity contribution in [2.75, 3.05) is 0 Å². The maximum absolute atomic E-state index is 8.52. The van der Waals surface area contributed by atoms with Crippen molar-refractivity contribution < 1.29 is 83.2 Å². The summed E-state index contributed by atoms with van der Waals surface area (Å²) in [6, 6.07) is 0. The monoisotopic (exact) mass is 634 g/mol. The third-order valence-corrected chi connectivity index (χ3v) is 0. The van der Waals surface area contributed by atoms with Gasteiger partial charge in [-0.3, -0.25) is 8.42 Å². The molecule has 0 atom stereocenters. The molecule has 0 fully saturated rings. The van der Waals surface area contributed by atoms with E-state index in [9.17, 15) is 0 Å². The maximum Gasteiger partial charge on any atom is 0.0311 e. The zero-order valence-electron chi connectivity index (χ0n) is 14.3. The van der Waals surface area contributed by atoms with E-state index in [1.165, 1.54) is 0 Å². The number of rotatable bonds is 0. The molecule has 0 aromatic carbocycles. The molecule has 0 aromatic heterocycles. The molecular formula is H24Al6Ca4O16S-2. The Balaban J connectivity index is -0.000000000346. The van der Waals surface area contributed by atoms with Gasteiger partial charge < -0.3 is 74.8 Å². The van der Waals surface area contributed by atoms with Crippen LogP contribution in [0.15, 0.2) is 0 Å². The molecule has 0 spiro atoms. The van der Waals surface area contributed by atoms with Crippen molar-refractivity contribution in [1.82, 2.24) is 0 Å². The van der Waals surface area contributed by atoms with Crippen molar-refractivity contribution >= 4 is 266 Å². The molecule has 0 saturated carbocycles. The second-order valence-electron chi connectivity index (χ2n) is 0.408. The van der Waals surface area contributed by atoms with E-state index in [1.54, 1.807) is 0 Å². The molecule has 0 unspecified atom stereocenters. The van der Waals surface area contributed by atoms with Gasteiger partial charge >= 0.3 is 0 Å². The summed E-state index contributed by atoms with van der Waals surface area (Å²) in [7, 11) is -5.17. The van der Waals surface area contributed by atoms with Crippen LogP contribution in [0.1, 0.15) is 0 Å². The summed E-state index contributed by atoms with van der Waals surface area (Å²) in [5.74, 6) is 0. The Bertz CT molecular complexity index is 124. The van der Waals surface area contributed by atoms with Crippen molar-refractivity contribution in [3.63, 3.8) is 0 Å². The average Bonchev–Trinajstić information content (AvgIpc) is 0.722. The van der Waals surface area contributed by atoms with Gasteiger partial charge in [0.1, 0.15) is 0 Å². The van der Waals surface area contributed by atoms with Crippen LogP contribution in [0, 0.1) is 0 Å². The number of hydrogen-bond acceptors (Lipinski definition) is 4. The fraction of sp³-hybridized carbons (Fsp3) is 0. The predicted octanol–water partition coefficient (Wildman–Crippen LogP) is -15.0. The molecule has 0 amide bonds. The molecule has 27 heavy (non-hydrogen) atoms. The normalized spacial score (nSPS) is 2.15. The van der Waals surface area contributed by atoms with Crippen LogP contribution in [0.3, 0.4) is 0 Å². The SMILES string of the molecule is O.O.O.O.O.O.O.O.O.O.O.O.O=S(=O)([O-])[O-].[Al].[Al].[Al].[Al].[Al].[Al].[Ca].[Ca].[Ca].[Ca]. The van der Waals surface area contributed by atoms with Crippen molar-refractivity contribution in [2.45, 2.75) is 0 Å². The molecule has 27 heteroatoms. The van der Waals surface area contributed by atoms with Gasteiger partial charge in [-0.2, -0.15) is 0 Å². The van der Waals surface area contributed by atoms with Crippen LogP contribution >= 0.6 is 0 Å². The summed E-state index contributed by atoms with van der Waals surface area (Å²) < 4.78 is 34.1. The van der Waals surface area contributed by atoms with Gasteiger partial charge in [0.15, 0.2) is 0 Å². The van der Waals surface area contributed by atoms with E-state index in [1.807, 2.05) is 0 Å². The van der Waals surface area contributed by atoms with E-state index in [-0.39, 0.29) is 321 Å². The van der Waals surface area contributed by atoms with E-state index in [0.29, 0.717) is 0 Å². The van der Waals surface area contributed by atoms with Gasteiger partial charge in [0, 0.05) is 266 Å². The Kier molecular flexibility index (Phi) is 2070. The van der Waals surface area contributed by atoms with Crippen molar-refractivity contribution in [2.24, 2.45) is 0 Å². The van der Waals surface area contributed by atoms with Gasteiger partial charge in [0.25, 0.3) is 0 Å². The summed E-state index contributed by atoms with van der Waals surface area (Å²) in [5.41, 5.74) is 0. The molecule has 26 radical (unpaired) electrons. The molecule has 0 saturated heterocycles. The third kappa shape index (κ3) is 579. The van der Waals surface area contributed by atoms with Crippen LogP contribution in [0.4, 0.5) is 0 Å². The van der Waals surface area contributed by atoms with E-state index in [2.05, 4.69) is 0 Å². The fourth-order valence-corrected chi connectivity index (χ4v) is 0. The van der Waals surface area contributed by atoms with Gasteiger partial charge in [-0.15, -0.1) is 0 Å². The minimum atomic E-state index is -5.17. The van der Waals surface area contributed by atoms with Crippen LogP contribution in [-0.4, -0.2) is 338 Å². The van der Waals surface area contributed by atoms with Crippen molar-refractivity contribution in [1.29, 1.82) is 0 Å². The van der Waals surface area contributed by atoms with E-state index in [0.717, 1.165) is 0 Å². The van der Waals surface area contributed by atoms with Gasteiger partial charge in [-0.1, -0.05) is 0 Å². The Morgan fingerprint density at radius 3 is 0.333 bits per heavy atom. The zero-order valence-corrected chi connectivity index (χ0v) is 30.9. The van der Waals surface area contributed by atoms with E-state index in [4.69, 9.17) is 17.5 Å². The summed E-state index contributed by atoms with van der Waals surface area (Å²) in [5, 5.41) is 0. The molecular weight excluding hydrogens is 610 g/mol. The first-order valence-electron chi connectivity index (χ1n) is 0.667. The summed E-state index contributed by atoms with van der Waals surface area (Å²) >= 11 is 0. The zero-order chi connectivity index (χ0) is 4.50. The first-order chi connectivity index (χ1) is 2.00. The van der Waals surface area contributed by atoms with Crippen LogP contribution < -0.4 is 0 Å². The Morgan fingerprint density at radius 2 is 0.333 bits per heavy atom. The quantitative estimate of drug-likeness (QED) is 0.142. The second kappa shape index (κ2) is 193. The molecule has 0 heterocycles. The van der Waals surface area contributed by atoms with E-state index >= 15 is 0 Å². The molecule has 0 bridgehead atoms. The molecule has 0 aromatic rings. The van der Waals surface area contributed by atoms with Crippen LogP contribution in [0.25, 0.3) is 0 Å². The predicted molar refractivity (Wildman–Crippen MR) is 111 cm³/mol. The fourth-order valence-electron chi connectivity index (χ4n) is 0. The maximum atomic E-state index is 8.52. The van der Waals surface area contributed by atoms with Gasteiger partial charge in [-0.25, -0.2) is 0 Å². The Hall–Kier alpha value is 7.62. The topological polar surface area (TPSA) is 458 Å². The van der Waals surface area contributed by atoms with Crippen molar-refractivity contribution in [3.05, 3.63) is 0 Å². The second-order valence-corrected chi connectivity index (χ2v) is 1.22. The summed E-state index contributed by atoms with van der Waals surface area (Å²) in [6.07, 6.45) is 0. The molecule has 154 valence electrons. The summed E-state index contributed by atoms with van der Waals surface area (Å²) in [4.78, 5) is 0. The standard InChI is InChI=1S/6Al.4Ca.H2O4S.12H2O/c;;;;;;;;;;1-5(2,3)4;;;;;;;;;;;;/h;;;;;;;;;;(H2,1,2,3,4);12*1H2/p-2. The van der Waals surface area contributed by atoms with Gasteiger partial charge in [0.2, 0.25) is 0 Å². The first kappa shape index (κ1) is 290. The Morgan fingerprint density at radius 1 is 0.333 bits per heavy atom. The van der Waals surface area contributed by atoms with Crippen LogP contribution in [0.5, 0.6) is 0 Å². The molecule has 0 aliphatic carbocycles. The van der Waals surface area contributed by atoms with E-state index < -0.39 is 10.4 Å². The third-order valence-electron chi connectivity index (χ3n) is 0. The van der Waals surface area contributed by atoms with Gasteiger partial charge in [-0.05, 0) is 0 Å². The average molecular weight is 634 g/mol. The van der Waals surface area contributed by atoms with Crippen LogP contribution in [-0.2, 0) is 10.4 Å². The number of hydrogen-bond donors (Lipinski definition) is 0. The molecule has 0 rings (SSSR count). The van der Waals surface area contributed by atoms with Crippen LogP contribution in [0.2, 0.25) is 0 Å². The molecule has 0 aliphatic rings. The molecule has 24 N–H and O–H groups in total. The molecule has 16 nitrogen and oxygen atoms in total. The molecule has 0 aliphatic heterocycles. The minimum Gasteiger partial charge on any atom is -0.759 e.